The summed E-state index contributed by atoms with van der Waals surface area (Å²) in [5, 5.41) is 16.4. The van der Waals surface area contributed by atoms with E-state index in [1.165, 1.54) is 23.9 Å². The second kappa shape index (κ2) is 12.0. The summed E-state index contributed by atoms with van der Waals surface area (Å²) in [4.78, 5) is 14.8. The van der Waals surface area contributed by atoms with Gasteiger partial charge in [0.15, 0.2) is 17.1 Å². The molecule has 1 aliphatic rings. The monoisotopic (exact) mass is 663 g/mol. The van der Waals surface area contributed by atoms with Crippen molar-refractivity contribution in [3.63, 3.8) is 0 Å². The molecule has 3 aromatic heterocycles. The minimum Gasteiger partial charge on any atom is -0.487 e. The number of nitrogens with zero attached hydrogens (tertiary/aromatic N) is 5. The van der Waals surface area contributed by atoms with Crippen molar-refractivity contribution in [1.29, 1.82) is 5.26 Å². The van der Waals surface area contributed by atoms with E-state index in [1.54, 1.807) is 18.2 Å². The van der Waals surface area contributed by atoms with Crippen LogP contribution in [0.15, 0.2) is 41.3 Å². The minimum absolute atomic E-state index is 0.00411. The molecular formula is C25H24FIN7O2PS. The second-order valence-electron chi connectivity index (χ2n) is 8.49. The quantitative estimate of drug-likeness (QED) is 0.121. The van der Waals surface area contributed by atoms with Gasteiger partial charge in [-0.1, -0.05) is 0 Å². The van der Waals surface area contributed by atoms with Crippen LogP contribution in [-0.2, 0) is 4.74 Å². The molecule has 1 atom stereocenters. The molecule has 9 nitrogen and oxygen atoms in total. The summed E-state index contributed by atoms with van der Waals surface area (Å²) in [6, 6.07) is 12.1. The molecule has 1 aromatic carbocycles. The summed E-state index contributed by atoms with van der Waals surface area (Å²) in [7, 11) is 0. The third kappa shape index (κ3) is 5.81. The van der Waals surface area contributed by atoms with Gasteiger partial charge in [0.1, 0.15) is 41.0 Å². The van der Waals surface area contributed by atoms with Crippen molar-refractivity contribution < 1.29 is 13.9 Å². The van der Waals surface area contributed by atoms with Crippen LogP contribution in [-0.4, -0.2) is 44.9 Å². The van der Waals surface area contributed by atoms with E-state index in [0.29, 0.717) is 48.1 Å². The minimum atomic E-state index is -0.294. The summed E-state index contributed by atoms with van der Waals surface area (Å²) in [6.45, 7) is 3.23. The Hall–Kier alpha value is -2.72. The van der Waals surface area contributed by atoms with Crippen molar-refractivity contribution in [3.8, 4) is 11.8 Å². The van der Waals surface area contributed by atoms with Crippen LogP contribution in [0.2, 0.25) is 0 Å². The molecule has 1 unspecified atom stereocenters. The lowest BCUT2D eigenvalue weighted by Crippen LogP contribution is -2.26. The fourth-order valence-corrected chi connectivity index (χ4v) is 6.84. The Morgan fingerprint density at radius 1 is 1.13 bits per heavy atom. The number of aromatic nitrogens is 4. The van der Waals surface area contributed by atoms with Crippen LogP contribution in [0.5, 0.6) is 5.75 Å². The van der Waals surface area contributed by atoms with Gasteiger partial charge >= 0.3 is 0 Å². The third-order valence-corrected chi connectivity index (χ3v) is 8.91. The Kier molecular flexibility index (Phi) is 8.48. The number of nitrogens with one attached hydrogen (secondary N) is 2. The van der Waals surface area contributed by atoms with Gasteiger partial charge in [0.25, 0.3) is 0 Å². The lowest BCUT2D eigenvalue weighted by atomic mass is 10.1. The highest BCUT2D eigenvalue weighted by Gasteiger charge is 2.19. The van der Waals surface area contributed by atoms with Gasteiger partial charge in [-0.05, 0) is 65.6 Å². The predicted octanol–water partition coefficient (Wildman–Crippen LogP) is 6.70. The van der Waals surface area contributed by atoms with Crippen molar-refractivity contribution in [3.05, 3.63) is 53.7 Å². The van der Waals surface area contributed by atoms with Crippen molar-refractivity contribution in [1.82, 2.24) is 19.3 Å². The SMILES string of the molecule is CSc1cc(F)ccc1Nc1cc(Nc2ccc(OC3CCOCC3)c(C#N)n2)nc2c1nc(C)n2PI. The first-order chi connectivity index (χ1) is 18.5. The third-order valence-electron chi connectivity index (χ3n) is 5.98. The first kappa shape index (κ1) is 26.9. The Morgan fingerprint density at radius 2 is 1.95 bits per heavy atom. The zero-order valence-electron chi connectivity index (χ0n) is 20.6. The van der Waals surface area contributed by atoms with Crippen molar-refractivity contribution >= 4 is 74.4 Å². The van der Waals surface area contributed by atoms with Gasteiger partial charge in [0.05, 0.1) is 31.0 Å². The van der Waals surface area contributed by atoms with Crippen molar-refractivity contribution in [2.75, 3.05) is 30.1 Å². The summed E-state index contributed by atoms with van der Waals surface area (Å²) in [5.74, 6) is 1.99. The van der Waals surface area contributed by atoms with Crippen LogP contribution in [0.4, 0.5) is 27.4 Å². The molecule has 0 saturated carbocycles. The van der Waals surface area contributed by atoms with Crippen LogP contribution in [0.1, 0.15) is 24.4 Å². The largest absolute Gasteiger partial charge is 0.487 e. The second-order valence-corrected chi connectivity index (χ2v) is 11.4. The number of halogens is 2. The highest BCUT2D eigenvalue weighted by molar-refractivity contribution is 14.2. The number of benzene rings is 1. The number of fused-ring (bicyclic) bond motifs is 1. The highest BCUT2D eigenvalue weighted by Crippen LogP contribution is 2.37. The van der Waals surface area contributed by atoms with Gasteiger partial charge in [-0.25, -0.2) is 19.3 Å². The van der Waals surface area contributed by atoms with Crippen molar-refractivity contribution in [2.45, 2.75) is 30.8 Å². The standard InChI is InChI=1S/C25H24FIN7O2PS/c1-14-29-24-18(30-17-4-3-15(26)11-21(17)38-2)12-23(33-25(24)34(14)37-27)32-22-6-5-20(19(13-28)31-22)36-16-7-9-35-10-8-16/h3-6,11-12,16,37H,7-10H2,1-2H3,(H2,30,31,32,33). The number of pyridine rings is 2. The van der Waals surface area contributed by atoms with E-state index >= 15 is 0 Å². The van der Waals surface area contributed by atoms with Gasteiger partial charge in [0.2, 0.25) is 0 Å². The Labute approximate surface area is 238 Å². The Morgan fingerprint density at radius 3 is 2.68 bits per heavy atom. The molecule has 0 amide bonds. The smallest absolute Gasteiger partial charge is 0.184 e. The molecule has 5 rings (SSSR count). The number of hydrogen-bond acceptors (Lipinski definition) is 9. The van der Waals surface area contributed by atoms with E-state index in [0.717, 1.165) is 34.9 Å². The normalized spacial score (nSPS) is 14.2. The number of thioether (sulfide) groups is 1. The molecule has 1 saturated heterocycles. The first-order valence-corrected chi connectivity index (χ1v) is 17.1. The number of rotatable bonds is 8. The maximum Gasteiger partial charge on any atom is 0.184 e. The lowest BCUT2D eigenvalue weighted by Gasteiger charge is -2.23. The number of ether oxygens (including phenoxy) is 2. The van der Waals surface area contributed by atoms with E-state index < -0.39 is 0 Å². The van der Waals surface area contributed by atoms with Crippen LogP contribution in [0.25, 0.3) is 11.2 Å². The molecule has 4 heterocycles. The van der Waals surface area contributed by atoms with Gasteiger partial charge in [0, 0.05) is 23.8 Å². The molecule has 0 bridgehead atoms. The molecule has 1 aliphatic heterocycles. The maximum atomic E-state index is 13.8. The zero-order valence-corrected chi connectivity index (χ0v) is 24.6. The van der Waals surface area contributed by atoms with E-state index in [1.807, 2.05) is 23.6 Å². The predicted molar refractivity (Wildman–Crippen MR) is 158 cm³/mol. The summed E-state index contributed by atoms with van der Waals surface area (Å²) < 4.78 is 27.3. The summed E-state index contributed by atoms with van der Waals surface area (Å²) in [5.41, 5.74) is 3.10. The molecule has 0 aliphatic carbocycles. The van der Waals surface area contributed by atoms with Crippen LogP contribution >= 0.6 is 40.2 Å². The van der Waals surface area contributed by atoms with Gasteiger partial charge < -0.3 is 20.1 Å². The topological polar surface area (TPSA) is 110 Å². The lowest BCUT2D eigenvalue weighted by molar-refractivity contribution is 0.0253. The average molecular weight is 663 g/mol. The Balaban J connectivity index is 1.49. The molecule has 0 spiro atoms. The van der Waals surface area contributed by atoms with E-state index in [-0.39, 0.29) is 17.6 Å². The number of nitriles is 1. The molecular weight excluding hydrogens is 639 g/mol. The first-order valence-electron chi connectivity index (χ1n) is 11.8. The number of imidazole rings is 1. The molecule has 196 valence electrons. The molecule has 2 N–H and O–H groups in total. The van der Waals surface area contributed by atoms with Gasteiger partial charge in [-0.3, -0.25) is 4.34 Å². The Bertz CT molecular complexity index is 1520. The number of anilines is 4. The average Bonchev–Trinajstić information content (AvgIpc) is 3.26. The summed E-state index contributed by atoms with van der Waals surface area (Å²) >= 11 is 3.75. The van der Waals surface area contributed by atoms with Crippen LogP contribution < -0.4 is 15.4 Å². The molecule has 13 heteroatoms. The fraction of sp³-hybridized carbons (Fsp3) is 0.280. The van der Waals surface area contributed by atoms with Gasteiger partial charge in [-0.15, -0.1) is 11.8 Å². The maximum absolute atomic E-state index is 13.8. The van der Waals surface area contributed by atoms with E-state index in [9.17, 15) is 9.65 Å². The number of aryl methyl sites for hydroxylation is 1. The number of hydrogen-bond donors (Lipinski definition) is 2. The van der Waals surface area contributed by atoms with Gasteiger partial charge in [-0.2, -0.15) is 5.26 Å². The molecule has 1 fully saturated rings. The van der Waals surface area contributed by atoms with E-state index in [2.05, 4.69) is 43.7 Å². The van der Waals surface area contributed by atoms with Crippen molar-refractivity contribution in [2.24, 2.45) is 0 Å². The highest BCUT2D eigenvalue weighted by atomic mass is 127. The zero-order chi connectivity index (χ0) is 26.6. The molecule has 0 radical (unpaired) electrons. The summed E-state index contributed by atoms with van der Waals surface area (Å²) in [6.07, 6.45) is 3.86. The van der Waals surface area contributed by atoms with Crippen LogP contribution in [0.3, 0.4) is 0 Å². The van der Waals surface area contributed by atoms with E-state index in [4.69, 9.17) is 19.4 Å². The fourth-order valence-electron chi connectivity index (χ4n) is 4.13. The molecule has 4 aromatic rings. The van der Waals surface area contributed by atoms with Crippen LogP contribution in [0, 0.1) is 24.1 Å². The molecule has 38 heavy (non-hydrogen) atoms.